The molecule has 0 heterocycles. The Bertz CT molecular complexity index is 850. The van der Waals surface area contributed by atoms with Gasteiger partial charge in [0.25, 0.3) is 5.69 Å². The number of hydrogen-bond acceptors (Lipinski definition) is 8. The van der Waals surface area contributed by atoms with Crippen LogP contribution in [0.2, 0.25) is 0 Å². The van der Waals surface area contributed by atoms with Crippen LogP contribution < -0.4 is 5.73 Å². The van der Waals surface area contributed by atoms with Crippen molar-refractivity contribution in [2.75, 3.05) is 0 Å². The SMILES string of the molecule is N[C@H](C(=O)O)[C@@H](OC(=O)c1cccc(O)c1O)c1ccc([N+](=O)[O-])cc1. The van der Waals surface area contributed by atoms with E-state index in [9.17, 15) is 29.9 Å². The van der Waals surface area contributed by atoms with Crippen LogP contribution in [0.25, 0.3) is 0 Å². The van der Waals surface area contributed by atoms with Gasteiger partial charge in [-0.05, 0) is 29.8 Å². The molecule has 2 aromatic rings. The van der Waals surface area contributed by atoms with Crippen molar-refractivity contribution in [2.45, 2.75) is 12.1 Å². The van der Waals surface area contributed by atoms with E-state index in [1.54, 1.807) is 0 Å². The number of esters is 1. The number of carbonyl (C=O) groups excluding carboxylic acids is 1. The van der Waals surface area contributed by atoms with Gasteiger partial charge in [0.2, 0.25) is 0 Å². The van der Waals surface area contributed by atoms with E-state index >= 15 is 0 Å². The van der Waals surface area contributed by atoms with Crippen molar-refractivity contribution in [3.63, 3.8) is 0 Å². The number of carboxylic acid groups (broad SMARTS) is 1. The maximum Gasteiger partial charge on any atom is 0.342 e. The molecular weight excluding hydrogens is 348 g/mol. The first-order chi connectivity index (χ1) is 12.2. The van der Waals surface area contributed by atoms with Gasteiger partial charge in [0.1, 0.15) is 11.6 Å². The predicted octanol–water partition coefficient (Wildman–Crippen LogP) is 1.32. The summed E-state index contributed by atoms with van der Waals surface area (Å²) >= 11 is 0. The van der Waals surface area contributed by atoms with E-state index in [-0.39, 0.29) is 11.3 Å². The van der Waals surface area contributed by atoms with E-state index in [4.69, 9.17) is 15.6 Å². The van der Waals surface area contributed by atoms with Crippen molar-refractivity contribution in [3.05, 3.63) is 63.7 Å². The van der Waals surface area contributed by atoms with Gasteiger partial charge >= 0.3 is 11.9 Å². The van der Waals surface area contributed by atoms with E-state index < -0.39 is 46.1 Å². The monoisotopic (exact) mass is 362 g/mol. The highest BCUT2D eigenvalue weighted by Crippen LogP contribution is 2.31. The van der Waals surface area contributed by atoms with Crippen molar-refractivity contribution in [1.29, 1.82) is 0 Å². The molecule has 10 heteroatoms. The van der Waals surface area contributed by atoms with Crippen LogP contribution >= 0.6 is 0 Å². The second-order valence-corrected chi connectivity index (χ2v) is 5.21. The number of nitro groups is 1. The predicted molar refractivity (Wildman–Crippen MR) is 86.6 cm³/mol. The average Bonchev–Trinajstić information content (AvgIpc) is 2.61. The fourth-order valence-electron chi connectivity index (χ4n) is 2.14. The number of nitro benzene ring substituents is 1. The third kappa shape index (κ3) is 3.87. The van der Waals surface area contributed by atoms with Crippen LogP contribution in [0, 0.1) is 10.1 Å². The number of non-ortho nitro benzene ring substituents is 1. The maximum atomic E-state index is 12.3. The maximum absolute atomic E-state index is 12.3. The van der Waals surface area contributed by atoms with Gasteiger partial charge in [-0.15, -0.1) is 0 Å². The molecule has 2 atom stereocenters. The van der Waals surface area contributed by atoms with Crippen LogP contribution in [-0.2, 0) is 9.53 Å². The van der Waals surface area contributed by atoms with E-state index in [1.807, 2.05) is 0 Å². The summed E-state index contributed by atoms with van der Waals surface area (Å²) in [6.07, 6.45) is -1.48. The van der Waals surface area contributed by atoms with Crippen molar-refractivity contribution < 1.29 is 34.6 Å². The van der Waals surface area contributed by atoms with E-state index in [2.05, 4.69) is 0 Å². The summed E-state index contributed by atoms with van der Waals surface area (Å²) in [5.74, 6) is -3.89. The Morgan fingerprint density at radius 1 is 1.12 bits per heavy atom. The Morgan fingerprint density at radius 3 is 2.27 bits per heavy atom. The molecule has 0 unspecified atom stereocenters. The molecule has 0 spiro atoms. The molecule has 0 radical (unpaired) electrons. The molecule has 0 amide bonds. The number of nitrogens with zero attached hydrogens (tertiary/aromatic N) is 1. The van der Waals surface area contributed by atoms with Crippen LogP contribution in [0.15, 0.2) is 42.5 Å². The standard InChI is InChI=1S/C16H14N2O8/c17-12(15(21)22)14(8-4-6-9(7-5-8)18(24)25)26-16(23)10-2-1-3-11(19)13(10)20/h1-7,12,14,19-20H,17H2,(H,21,22)/t12-,14-/m0/s1. The Hall–Kier alpha value is -3.66. The molecule has 0 saturated carbocycles. The summed E-state index contributed by atoms with van der Waals surface area (Å²) in [6.45, 7) is 0. The van der Waals surface area contributed by atoms with Crippen LogP contribution in [-0.4, -0.2) is 38.2 Å². The number of phenolic OH excluding ortho intramolecular Hbond substituents is 2. The van der Waals surface area contributed by atoms with Gasteiger partial charge < -0.3 is 25.8 Å². The zero-order valence-electron chi connectivity index (χ0n) is 13.1. The van der Waals surface area contributed by atoms with E-state index in [1.165, 1.54) is 18.2 Å². The number of hydrogen-bond donors (Lipinski definition) is 4. The van der Waals surface area contributed by atoms with Gasteiger partial charge in [-0.3, -0.25) is 14.9 Å². The summed E-state index contributed by atoms with van der Waals surface area (Å²) in [5, 5.41) is 39.0. The lowest BCUT2D eigenvalue weighted by molar-refractivity contribution is -0.384. The lowest BCUT2D eigenvalue weighted by Gasteiger charge is -2.22. The molecule has 2 rings (SSSR count). The third-order valence-corrected chi connectivity index (χ3v) is 3.51. The molecule has 26 heavy (non-hydrogen) atoms. The fraction of sp³-hybridized carbons (Fsp3) is 0.125. The van der Waals surface area contributed by atoms with E-state index in [0.29, 0.717) is 0 Å². The van der Waals surface area contributed by atoms with Gasteiger partial charge in [0.15, 0.2) is 17.6 Å². The molecule has 0 saturated heterocycles. The molecule has 0 aliphatic carbocycles. The van der Waals surface area contributed by atoms with Gasteiger partial charge in [0, 0.05) is 12.1 Å². The first-order valence-corrected chi connectivity index (χ1v) is 7.17. The Morgan fingerprint density at radius 2 is 1.73 bits per heavy atom. The molecule has 0 aliphatic rings. The van der Waals surface area contributed by atoms with Crippen LogP contribution in [0.1, 0.15) is 22.0 Å². The summed E-state index contributed by atoms with van der Waals surface area (Å²) < 4.78 is 5.10. The number of phenols is 2. The molecular formula is C16H14N2O8. The van der Waals surface area contributed by atoms with Crippen molar-refractivity contribution in [1.82, 2.24) is 0 Å². The molecule has 0 fully saturated rings. The largest absolute Gasteiger partial charge is 0.504 e. The summed E-state index contributed by atoms with van der Waals surface area (Å²) in [7, 11) is 0. The van der Waals surface area contributed by atoms with Crippen molar-refractivity contribution in [3.8, 4) is 11.5 Å². The molecule has 0 aromatic heterocycles. The Kier molecular flexibility index (Phi) is 5.38. The van der Waals surface area contributed by atoms with Crippen molar-refractivity contribution >= 4 is 17.6 Å². The zero-order valence-corrected chi connectivity index (χ0v) is 13.1. The van der Waals surface area contributed by atoms with Gasteiger partial charge in [-0.25, -0.2) is 4.79 Å². The molecule has 0 bridgehead atoms. The lowest BCUT2D eigenvalue weighted by atomic mass is 10.0. The highest BCUT2D eigenvalue weighted by molar-refractivity contribution is 5.93. The first-order valence-electron chi connectivity index (χ1n) is 7.17. The summed E-state index contributed by atoms with van der Waals surface area (Å²) in [6, 6.07) is 6.55. The number of aromatic hydroxyl groups is 2. The fourth-order valence-corrected chi connectivity index (χ4v) is 2.14. The summed E-state index contributed by atoms with van der Waals surface area (Å²) in [4.78, 5) is 33.5. The smallest absolute Gasteiger partial charge is 0.342 e. The van der Waals surface area contributed by atoms with Crippen LogP contribution in [0.4, 0.5) is 5.69 Å². The Labute approximate surface area is 146 Å². The molecule has 0 aliphatic heterocycles. The number of benzene rings is 2. The first kappa shape index (κ1) is 18.7. The second-order valence-electron chi connectivity index (χ2n) is 5.21. The average molecular weight is 362 g/mol. The molecule has 5 N–H and O–H groups in total. The third-order valence-electron chi connectivity index (χ3n) is 3.51. The normalized spacial score (nSPS) is 12.8. The summed E-state index contributed by atoms with van der Waals surface area (Å²) in [5.41, 5.74) is 5.04. The van der Waals surface area contributed by atoms with Gasteiger partial charge in [-0.1, -0.05) is 6.07 Å². The lowest BCUT2D eigenvalue weighted by Crippen LogP contribution is -2.38. The Balaban J connectivity index is 2.36. The molecule has 10 nitrogen and oxygen atoms in total. The highest BCUT2D eigenvalue weighted by Gasteiger charge is 2.31. The number of carboxylic acids is 1. The number of carbonyl (C=O) groups is 2. The number of rotatable bonds is 6. The quantitative estimate of drug-likeness (QED) is 0.256. The van der Waals surface area contributed by atoms with Crippen molar-refractivity contribution in [2.24, 2.45) is 5.73 Å². The van der Waals surface area contributed by atoms with E-state index in [0.717, 1.165) is 24.3 Å². The minimum atomic E-state index is -1.67. The second kappa shape index (κ2) is 7.49. The highest BCUT2D eigenvalue weighted by atomic mass is 16.6. The van der Waals surface area contributed by atoms with Gasteiger partial charge in [-0.2, -0.15) is 0 Å². The molecule has 2 aromatic carbocycles. The zero-order chi connectivity index (χ0) is 19.4. The number of aliphatic carboxylic acids is 1. The van der Waals surface area contributed by atoms with Gasteiger partial charge in [0.05, 0.1) is 4.92 Å². The number of nitrogens with two attached hydrogens (primary N) is 1. The van der Waals surface area contributed by atoms with Crippen LogP contribution in [0.5, 0.6) is 11.5 Å². The topological polar surface area (TPSA) is 173 Å². The molecule has 136 valence electrons. The minimum absolute atomic E-state index is 0.110. The van der Waals surface area contributed by atoms with Crippen LogP contribution in [0.3, 0.4) is 0 Å². The number of para-hydroxylation sites is 1. The number of ether oxygens (including phenoxy) is 1. The minimum Gasteiger partial charge on any atom is -0.504 e.